The summed E-state index contributed by atoms with van der Waals surface area (Å²) in [5.41, 5.74) is 0. The third kappa shape index (κ3) is 4.15. The lowest BCUT2D eigenvalue weighted by molar-refractivity contribution is -0.141. The zero-order chi connectivity index (χ0) is 16.9. The Balaban J connectivity index is 1.43. The number of likely N-dealkylation sites (tertiary alicyclic amines) is 1. The van der Waals surface area contributed by atoms with Crippen LogP contribution < -0.4 is 0 Å². The first kappa shape index (κ1) is 17.4. The van der Waals surface area contributed by atoms with Gasteiger partial charge in [-0.2, -0.15) is 4.98 Å². The maximum atomic E-state index is 12.4. The van der Waals surface area contributed by atoms with E-state index in [9.17, 15) is 4.79 Å². The topological polar surface area (TPSA) is 68.5 Å². The Morgan fingerprint density at radius 2 is 2.00 bits per heavy atom. The quantitative estimate of drug-likeness (QED) is 0.827. The molecule has 1 aromatic heterocycles. The van der Waals surface area contributed by atoms with Gasteiger partial charge in [-0.3, -0.25) is 4.79 Å². The van der Waals surface area contributed by atoms with E-state index in [4.69, 9.17) is 9.26 Å². The number of carbonyl (C=O) groups excluding carboxylic acids is 1. The Kier molecular flexibility index (Phi) is 5.87. The number of nitrogens with zero attached hydrogens (tertiary/aromatic N) is 3. The summed E-state index contributed by atoms with van der Waals surface area (Å²) in [6.07, 6.45) is 8.05. The molecule has 2 fully saturated rings. The average molecular weight is 335 g/mol. The van der Waals surface area contributed by atoms with E-state index in [1.807, 2.05) is 11.8 Å². The van der Waals surface area contributed by atoms with Gasteiger partial charge in [0.1, 0.15) is 6.61 Å². The molecule has 134 valence electrons. The van der Waals surface area contributed by atoms with Gasteiger partial charge in [-0.1, -0.05) is 31.3 Å². The molecule has 1 saturated heterocycles. The van der Waals surface area contributed by atoms with Gasteiger partial charge in [0, 0.05) is 19.0 Å². The first-order valence-corrected chi connectivity index (χ1v) is 9.37. The van der Waals surface area contributed by atoms with Gasteiger partial charge in [-0.05, 0) is 38.5 Å². The maximum Gasteiger partial charge on any atom is 0.248 e. The molecule has 1 saturated carbocycles. The maximum absolute atomic E-state index is 12.4. The van der Waals surface area contributed by atoms with Crippen LogP contribution in [0.3, 0.4) is 0 Å². The summed E-state index contributed by atoms with van der Waals surface area (Å²) >= 11 is 0. The fraction of sp³-hybridized carbons (Fsp3) is 0.833. The van der Waals surface area contributed by atoms with Crippen molar-refractivity contribution in [1.29, 1.82) is 0 Å². The predicted octanol–water partition coefficient (Wildman–Crippen LogP) is 3.07. The lowest BCUT2D eigenvalue weighted by Gasteiger charge is -2.33. The van der Waals surface area contributed by atoms with Crippen molar-refractivity contribution in [2.45, 2.75) is 70.8 Å². The second kappa shape index (κ2) is 8.10. The molecule has 1 aliphatic heterocycles. The second-order valence-corrected chi connectivity index (χ2v) is 7.14. The normalized spacial score (nSPS) is 25.8. The van der Waals surface area contributed by atoms with E-state index in [0.717, 1.165) is 38.8 Å². The van der Waals surface area contributed by atoms with E-state index in [1.54, 1.807) is 0 Å². The van der Waals surface area contributed by atoms with Gasteiger partial charge in [0.2, 0.25) is 11.8 Å². The van der Waals surface area contributed by atoms with E-state index in [0.29, 0.717) is 17.6 Å². The molecule has 6 heteroatoms. The molecule has 0 bridgehead atoms. The highest BCUT2D eigenvalue weighted by molar-refractivity contribution is 5.77. The average Bonchev–Trinajstić information content (AvgIpc) is 3.06. The van der Waals surface area contributed by atoms with Crippen molar-refractivity contribution in [2.24, 2.45) is 5.92 Å². The van der Waals surface area contributed by atoms with Crippen molar-refractivity contribution in [1.82, 2.24) is 15.0 Å². The fourth-order valence-corrected chi connectivity index (χ4v) is 3.98. The number of carbonyl (C=O) groups is 1. The van der Waals surface area contributed by atoms with E-state index >= 15 is 0 Å². The number of ether oxygens (including phenoxy) is 1. The molecule has 0 N–H and O–H groups in total. The Hall–Kier alpha value is -1.43. The Labute approximate surface area is 143 Å². The van der Waals surface area contributed by atoms with E-state index in [1.165, 1.54) is 19.3 Å². The molecule has 0 aromatic carbocycles. The van der Waals surface area contributed by atoms with Crippen molar-refractivity contribution in [3.63, 3.8) is 0 Å². The third-order valence-electron chi connectivity index (χ3n) is 5.52. The largest absolute Gasteiger partial charge is 0.368 e. The summed E-state index contributed by atoms with van der Waals surface area (Å²) in [7, 11) is 0. The molecule has 2 atom stereocenters. The number of piperidine rings is 1. The number of aromatic nitrogens is 2. The monoisotopic (exact) mass is 335 g/mol. The first-order chi connectivity index (χ1) is 11.7. The summed E-state index contributed by atoms with van der Waals surface area (Å²) in [6.45, 7) is 5.77. The Morgan fingerprint density at radius 3 is 2.67 bits per heavy atom. The van der Waals surface area contributed by atoms with Crippen LogP contribution >= 0.6 is 0 Å². The Morgan fingerprint density at radius 1 is 1.25 bits per heavy atom. The fourth-order valence-electron chi connectivity index (χ4n) is 3.98. The van der Waals surface area contributed by atoms with E-state index < -0.39 is 0 Å². The number of hydrogen-bond acceptors (Lipinski definition) is 5. The summed E-state index contributed by atoms with van der Waals surface area (Å²) in [4.78, 5) is 18.7. The van der Waals surface area contributed by atoms with Crippen LogP contribution in [0.25, 0.3) is 0 Å². The van der Waals surface area contributed by atoms with Crippen LogP contribution in [0.1, 0.15) is 69.5 Å². The minimum absolute atomic E-state index is 0.121. The van der Waals surface area contributed by atoms with Gasteiger partial charge >= 0.3 is 0 Å². The van der Waals surface area contributed by atoms with Crippen molar-refractivity contribution in [3.05, 3.63) is 11.7 Å². The first-order valence-electron chi connectivity index (χ1n) is 9.37. The van der Waals surface area contributed by atoms with E-state index in [-0.39, 0.29) is 24.5 Å². The van der Waals surface area contributed by atoms with Gasteiger partial charge in [-0.15, -0.1) is 0 Å². The molecule has 24 heavy (non-hydrogen) atoms. The minimum atomic E-state index is 0.121. The van der Waals surface area contributed by atoms with Crippen molar-refractivity contribution in [3.8, 4) is 0 Å². The van der Waals surface area contributed by atoms with Crippen LogP contribution in [0.15, 0.2) is 4.52 Å². The zero-order valence-corrected chi connectivity index (χ0v) is 14.9. The number of aryl methyl sites for hydroxylation is 1. The summed E-state index contributed by atoms with van der Waals surface area (Å²) in [5.74, 6) is 2.41. The lowest BCUT2D eigenvalue weighted by Crippen LogP contribution is -2.41. The van der Waals surface area contributed by atoms with Crippen LogP contribution in [-0.2, 0) is 9.53 Å². The number of rotatable bonds is 5. The highest BCUT2D eigenvalue weighted by Gasteiger charge is 2.29. The lowest BCUT2D eigenvalue weighted by atomic mass is 9.85. The van der Waals surface area contributed by atoms with Crippen LogP contribution in [0.2, 0.25) is 0 Å². The summed E-state index contributed by atoms with van der Waals surface area (Å²) in [6, 6.07) is 0. The SMILES string of the molecule is CCC1CCCCC1OCC(=O)N1CCC(c2nc(C)no2)CC1. The molecule has 3 rings (SSSR count). The molecule has 1 amide bonds. The van der Waals surface area contributed by atoms with Crippen molar-refractivity contribution < 1.29 is 14.1 Å². The summed E-state index contributed by atoms with van der Waals surface area (Å²) in [5, 5.41) is 3.86. The van der Waals surface area contributed by atoms with Gasteiger partial charge < -0.3 is 14.2 Å². The van der Waals surface area contributed by atoms with Gasteiger partial charge in [0.15, 0.2) is 5.82 Å². The second-order valence-electron chi connectivity index (χ2n) is 7.14. The van der Waals surface area contributed by atoms with Crippen LogP contribution in [-0.4, -0.2) is 46.7 Å². The highest BCUT2D eigenvalue weighted by atomic mass is 16.5. The predicted molar refractivity (Wildman–Crippen MR) is 89.6 cm³/mol. The molecular weight excluding hydrogens is 306 g/mol. The third-order valence-corrected chi connectivity index (χ3v) is 5.52. The molecule has 2 aliphatic rings. The Bertz CT molecular complexity index is 537. The molecule has 0 radical (unpaired) electrons. The minimum Gasteiger partial charge on any atom is -0.368 e. The number of amides is 1. The summed E-state index contributed by atoms with van der Waals surface area (Å²) < 4.78 is 11.2. The van der Waals surface area contributed by atoms with Gasteiger partial charge in [0.05, 0.1) is 6.10 Å². The van der Waals surface area contributed by atoms with Crippen molar-refractivity contribution >= 4 is 5.91 Å². The molecule has 1 aromatic rings. The van der Waals surface area contributed by atoms with Crippen LogP contribution in [0.4, 0.5) is 0 Å². The van der Waals surface area contributed by atoms with Gasteiger partial charge in [-0.25, -0.2) is 0 Å². The molecule has 6 nitrogen and oxygen atoms in total. The van der Waals surface area contributed by atoms with Crippen LogP contribution in [0.5, 0.6) is 0 Å². The molecule has 1 aliphatic carbocycles. The van der Waals surface area contributed by atoms with Crippen molar-refractivity contribution in [2.75, 3.05) is 19.7 Å². The van der Waals surface area contributed by atoms with E-state index in [2.05, 4.69) is 17.1 Å². The molecule has 2 heterocycles. The molecular formula is C18H29N3O3. The standard InChI is InChI=1S/C18H29N3O3/c1-3-14-6-4-5-7-16(14)23-12-17(22)21-10-8-15(9-11-21)18-19-13(2)20-24-18/h14-16H,3-12H2,1-2H3. The number of hydrogen-bond donors (Lipinski definition) is 0. The molecule has 2 unspecified atom stereocenters. The molecule has 0 spiro atoms. The zero-order valence-electron chi connectivity index (χ0n) is 14.9. The highest BCUT2D eigenvalue weighted by Crippen LogP contribution is 2.30. The smallest absolute Gasteiger partial charge is 0.248 e. The van der Waals surface area contributed by atoms with Crippen LogP contribution in [0, 0.1) is 12.8 Å². The van der Waals surface area contributed by atoms with Gasteiger partial charge in [0.25, 0.3) is 0 Å².